The molecule has 0 saturated carbocycles. The van der Waals surface area contributed by atoms with Gasteiger partial charge in [0.1, 0.15) is 17.7 Å². The molecule has 0 amide bonds. The van der Waals surface area contributed by atoms with Crippen molar-refractivity contribution in [2.45, 2.75) is 24.6 Å². The molecular formula is C18H23F2N3O3S. The number of halogens is 2. The number of hydrogen-bond acceptors (Lipinski definition) is 5. The molecule has 3 aliphatic heterocycles. The highest BCUT2D eigenvalue weighted by Crippen LogP contribution is 2.34. The number of rotatable bonds is 3. The van der Waals surface area contributed by atoms with Crippen molar-refractivity contribution in [3.8, 4) is 0 Å². The molecule has 0 aliphatic carbocycles. The zero-order valence-corrected chi connectivity index (χ0v) is 15.9. The van der Waals surface area contributed by atoms with Crippen LogP contribution < -0.4 is 5.73 Å². The third kappa shape index (κ3) is 3.66. The first-order valence-corrected chi connectivity index (χ1v) is 10.8. The minimum Gasteiger partial charge on any atom is -0.370 e. The number of ether oxygens (including phenoxy) is 1. The normalized spacial score (nSPS) is 30.1. The van der Waals surface area contributed by atoms with Crippen molar-refractivity contribution >= 4 is 10.0 Å². The van der Waals surface area contributed by atoms with Gasteiger partial charge in [0.25, 0.3) is 0 Å². The van der Waals surface area contributed by atoms with Gasteiger partial charge in [-0.3, -0.25) is 4.90 Å². The fourth-order valence-corrected chi connectivity index (χ4v) is 5.00. The third-order valence-corrected chi connectivity index (χ3v) is 6.87. The number of benzene rings is 1. The van der Waals surface area contributed by atoms with Gasteiger partial charge < -0.3 is 10.5 Å². The van der Waals surface area contributed by atoms with Gasteiger partial charge in [-0.15, -0.1) is 0 Å². The topological polar surface area (TPSA) is 75.9 Å². The lowest BCUT2D eigenvalue weighted by Crippen LogP contribution is -2.49. The van der Waals surface area contributed by atoms with Crippen LogP contribution in [0.1, 0.15) is 18.1 Å². The van der Waals surface area contributed by atoms with Crippen molar-refractivity contribution in [3.63, 3.8) is 0 Å². The van der Waals surface area contributed by atoms with Crippen molar-refractivity contribution in [1.82, 2.24) is 9.21 Å². The molecule has 3 aliphatic rings. The van der Waals surface area contributed by atoms with Crippen LogP contribution in [0.15, 0.2) is 29.3 Å². The molecule has 0 bridgehead atoms. The van der Waals surface area contributed by atoms with E-state index >= 15 is 0 Å². The Morgan fingerprint density at radius 3 is 2.41 bits per heavy atom. The van der Waals surface area contributed by atoms with Crippen LogP contribution in [-0.4, -0.2) is 68.7 Å². The second kappa shape index (κ2) is 6.89. The molecule has 4 rings (SSSR count). The molecule has 3 atom stereocenters. The van der Waals surface area contributed by atoms with E-state index in [0.29, 0.717) is 39.2 Å². The largest absolute Gasteiger partial charge is 0.370 e. The number of nitrogens with two attached hydrogens (primary N) is 1. The van der Waals surface area contributed by atoms with Crippen molar-refractivity contribution in [2.24, 2.45) is 5.73 Å². The van der Waals surface area contributed by atoms with Crippen LogP contribution >= 0.6 is 0 Å². The second-order valence-electron chi connectivity index (χ2n) is 7.62. The van der Waals surface area contributed by atoms with E-state index in [1.807, 2.05) is 0 Å². The average Bonchev–Trinajstić information content (AvgIpc) is 3.16. The summed E-state index contributed by atoms with van der Waals surface area (Å²) >= 11 is 0. The van der Waals surface area contributed by atoms with E-state index in [2.05, 4.69) is 4.90 Å². The standard InChI is InChI=1S/C18H23F2N3O3S/c1-27(24,25)23-8-11-6-22(7-12(11)9-23)14-5-17(21)18(26-10-14)15-4-13(19)2-3-16(15)20/h2-4,14,17-18H,5-10,21H2,1H3. The Hall–Kier alpha value is -1.39. The molecule has 0 radical (unpaired) electrons. The van der Waals surface area contributed by atoms with Gasteiger partial charge in [0.2, 0.25) is 10.0 Å². The summed E-state index contributed by atoms with van der Waals surface area (Å²) in [7, 11) is -3.18. The fourth-order valence-electron chi connectivity index (χ4n) is 4.22. The van der Waals surface area contributed by atoms with E-state index in [1.165, 1.54) is 10.6 Å². The van der Waals surface area contributed by atoms with E-state index in [1.54, 1.807) is 0 Å². The molecule has 2 N–H and O–H groups in total. The van der Waals surface area contributed by atoms with E-state index in [9.17, 15) is 17.2 Å². The Balaban J connectivity index is 1.38. The molecule has 3 heterocycles. The molecule has 148 valence electrons. The summed E-state index contributed by atoms with van der Waals surface area (Å²) in [6.07, 6.45) is 1.17. The third-order valence-electron chi connectivity index (χ3n) is 5.67. The lowest BCUT2D eigenvalue weighted by atomic mass is 9.93. The molecule has 6 nitrogen and oxygen atoms in total. The molecular weight excluding hydrogens is 376 g/mol. The van der Waals surface area contributed by atoms with Gasteiger partial charge in [0.05, 0.1) is 12.9 Å². The van der Waals surface area contributed by atoms with Crippen LogP contribution in [0.4, 0.5) is 8.78 Å². The summed E-state index contributed by atoms with van der Waals surface area (Å²) in [4.78, 5) is 2.24. The Kier molecular flexibility index (Phi) is 4.84. The van der Waals surface area contributed by atoms with Crippen molar-refractivity contribution in [3.05, 3.63) is 46.5 Å². The Labute approximate surface area is 157 Å². The van der Waals surface area contributed by atoms with Crippen molar-refractivity contribution in [1.29, 1.82) is 0 Å². The average molecular weight is 399 g/mol. The summed E-state index contributed by atoms with van der Waals surface area (Å²) in [5, 5.41) is 0. The van der Waals surface area contributed by atoms with E-state index < -0.39 is 33.8 Å². The van der Waals surface area contributed by atoms with Crippen LogP contribution in [0.3, 0.4) is 0 Å². The maximum absolute atomic E-state index is 14.0. The molecule has 1 aromatic rings. The molecule has 27 heavy (non-hydrogen) atoms. The van der Waals surface area contributed by atoms with E-state index in [0.717, 1.165) is 29.3 Å². The van der Waals surface area contributed by atoms with Gasteiger partial charge in [-0.05, 0) is 35.8 Å². The van der Waals surface area contributed by atoms with Crippen LogP contribution in [-0.2, 0) is 14.8 Å². The van der Waals surface area contributed by atoms with E-state index in [-0.39, 0.29) is 11.6 Å². The predicted molar refractivity (Wildman–Crippen MR) is 96.4 cm³/mol. The Bertz CT molecular complexity index is 872. The van der Waals surface area contributed by atoms with Crippen LogP contribution in [0.5, 0.6) is 0 Å². The van der Waals surface area contributed by atoms with E-state index in [4.69, 9.17) is 10.5 Å². The zero-order valence-electron chi connectivity index (χ0n) is 15.1. The predicted octanol–water partition coefficient (Wildman–Crippen LogP) is 1.01. The molecule has 0 aromatic heterocycles. The van der Waals surface area contributed by atoms with Gasteiger partial charge in [-0.25, -0.2) is 17.2 Å². The fraction of sp³-hybridized carbons (Fsp3) is 0.556. The van der Waals surface area contributed by atoms with Crippen LogP contribution in [0, 0.1) is 11.6 Å². The van der Waals surface area contributed by atoms with Crippen LogP contribution in [0.2, 0.25) is 0 Å². The lowest BCUT2D eigenvalue weighted by molar-refractivity contribution is -0.0467. The molecule has 1 saturated heterocycles. The second-order valence-corrected chi connectivity index (χ2v) is 9.60. The molecule has 0 spiro atoms. The van der Waals surface area contributed by atoms with Gasteiger partial charge in [0, 0.05) is 43.8 Å². The molecule has 1 aromatic carbocycles. The van der Waals surface area contributed by atoms with Gasteiger partial charge in [-0.1, -0.05) is 0 Å². The maximum Gasteiger partial charge on any atom is 0.211 e. The first-order valence-electron chi connectivity index (χ1n) is 8.93. The smallest absolute Gasteiger partial charge is 0.211 e. The van der Waals surface area contributed by atoms with Gasteiger partial charge in [0.15, 0.2) is 0 Å². The Morgan fingerprint density at radius 1 is 1.15 bits per heavy atom. The van der Waals surface area contributed by atoms with Gasteiger partial charge in [-0.2, -0.15) is 4.31 Å². The first kappa shape index (κ1) is 18.9. The molecule has 9 heteroatoms. The van der Waals surface area contributed by atoms with Crippen molar-refractivity contribution < 1.29 is 21.9 Å². The summed E-state index contributed by atoms with van der Waals surface area (Å²) in [6.45, 7) is 2.66. The molecule has 3 unspecified atom stereocenters. The lowest BCUT2D eigenvalue weighted by Gasteiger charge is -2.39. The highest BCUT2D eigenvalue weighted by molar-refractivity contribution is 7.88. The SMILES string of the molecule is CS(=O)(=O)N1CC2=C(CN(C3COC(c4cc(F)ccc4F)C(N)C3)C2)C1. The zero-order chi connectivity index (χ0) is 19.3. The summed E-state index contributed by atoms with van der Waals surface area (Å²) in [5.74, 6) is -1.03. The molecule has 1 fully saturated rings. The quantitative estimate of drug-likeness (QED) is 0.768. The summed E-state index contributed by atoms with van der Waals surface area (Å²) in [5.41, 5.74) is 8.69. The number of nitrogens with zero attached hydrogens (tertiary/aromatic N) is 2. The monoisotopic (exact) mass is 399 g/mol. The highest BCUT2D eigenvalue weighted by Gasteiger charge is 2.39. The number of sulfonamides is 1. The minimum atomic E-state index is -3.18. The van der Waals surface area contributed by atoms with Gasteiger partial charge >= 0.3 is 0 Å². The highest BCUT2D eigenvalue weighted by atomic mass is 32.2. The summed E-state index contributed by atoms with van der Waals surface area (Å²) < 4.78 is 58.2. The first-order chi connectivity index (χ1) is 12.7. The van der Waals surface area contributed by atoms with Crippen LogP contribution in [0.25, 0.3) is 0 Å². The Morgan fingerprint density at radius 2 is 1.81 bits per heavy atom. The van der Waals surface area contributed by atoms with Crippen molar-refractivity contribution in [2.75, 3.05) is 39.0 Å². The number of hydrogen-bond donors (Lipinski definition) is 1. The summed E-state index contributed by atoms with van der Waals surface area (Å²) in [6, 6.07) is 2.95. The minimum absolute atomic E-state index is 0.0742. The maximum atomic E-state index is 14.0.